The van der Waals surface area contributed by atoms with Gasteiger partial charge in [0.2, 0.25) is 0 Å². The molecule has 0 aromatic carbocycles. The van der Waals surface area contributed by atoms with Crippen LogP contribution in [0.1, 0.15) is 44.8 Å². The normalized spacial score (nSPS) is 22.3. The summed E-state index contributed by atoms with van der Waals surface area (Å²) in [4.78, 5) is 7.37. The van der Waals surface area contributed by atoms with Gasteiger partial charge in [-0.05, 0) is 43.7 Å². The molecule has 27 heavy (non-hydrogen) atoms. The van der Waals surface area contributed by atoms with Crippen molar-refractivity contribution in [1.82, 2.24) is 15.5 Å². The van der Waals surface area contributed by atoms with Gasteiger partial charge in [0, 0.05) is 51.8 Å². The minimum atomic E-state index is 0.512. The van der Waals surface area contributed by atoms with Crippen LogP contribution in [-0.2, 0) is 11.2 Å². The third-order valence-electron chi connectivity index (χ3n) is 5.49. The molecular formula is C21H36N4O2. The average molecular weight is 377 g/mol. The third kappa shape index (κ3) is 7.18. The van der Waals surface area contributed by atoms with Gasteiger partial charge in [0.15, 0.2) is 5.96 Å². The molecule has 6 nitrogen and oxygen atoms in total. The monoisotopic (exact) mass is 376 g/mol. The van der Waals surface area contributed by atoms with Crippen molar-refractivity contribution in [2.24, 2.45) is 10.9 Å². The Kier molecular flexibility index (Phi) is 8.49. The van der Waals surface area contributed by atoms with Gasteiger partial charge < -0.3 is 24.7 Å². The maximum absolute atomic E-state index is 5.51. The number of aliphatic imine (C=N–C) groups is 1. The highest BCUT2D eigenvalue weighted by molar-refractivity contribution is 5.80. The van der Waals surface area contributed by atoms with Crippen molar-refractivity contribution < 1.29 is 9.15 Å². The van der Waals surface area contributed by atoms with E-state index < -0.39 is 0 Å². The molecule has 3 heterocycles. The van der Waals surface area contributed by atoms with Gasteiger partial charge in [0.05, 0.1) is 12.9 Å². The largest absolute Gasteiger partial charge is 0.469 e. The van der Waals surface area contributed by atoms with Crippen molar-refractivity contribution in [3.8, 4) is 0 Å². The van der Waals surface area contributed by atoms with E-state index in [0.29, 0.717) is 6.04 Å². The summed E-state index contributed by atoms with van der Waals surface area (Å²) in [6, 6.07) is 4.47. The van der Waals surface area contributed by atoms with E-state index in [0.717, 1.165) is 56.8 Å². The van der Waals surface area contributed by atoms with Crippen molar-refractivity contribution in [3.63, 3.8) is 0 Å². The molecule has 0 aliphatic carbocycles. The van der Waals surface area contributed by atoms with E-state index in [2.05, 4.69) is 22.5 Å². The molecule has 2 aliphatic heterocycles. The molecule has 2 N–H and O–H groups in total. The van der Waals surface area contributed by atoms with Gasteiger partial charge in [-0.1, -0.05) is 13.3 Å². The maximum atomic E-state index is 5.51. The molecule has 1 unspecified atom stereocenters. The first-order valence-corrected chi connectivity index (χ1v) is 10.7. The average Bonchev–Trinajstić information content (AvgIpc) is 3.37. The first-order chi connectivity index (χ1) is 13.3. The molecule has 1 aromatic heterocycles. The smallest absolute Gasteiger partial charge is 0.191 e. The molecule has 152 valence electrons. The van der Waals surface area contributed by atoms with E-state index in [1.807, 2.05) is 12.1 Å². The van der Waals surface area contributed by atoms with Crippen LogP contribution in [0.15, 0.2) is 27.8 Å². The molecule has 2 saturated heterocycles. The maximum Gasteiger partial charge on any atom is 0.191 e. The second-order valence-corrected chi connectivity index (χ2v) is 7.79. The lowest BCUT2D eigenvalue weighted by molar-refractivity contribution is 0.150. The van der Waals surface area contributed by atoms with Gasteiger partial charge >= 0.3 is 0 Å². The zero-order valence-electron chi connectivity index (χ0n) is 16.8. The second-order valence-electron chi connectivity index (χ2n) is 7.79. The summed E-state index contributed by atoms with van der Waals surface area (Å²) in [5.74, 6) is 2.71. The van der Waals surface area contributed by atoms with Gasteiger partial charge in [0.1, 0.15) is 5.76 Å². The van der Waals surface area contributed by atoms with Crippen LogP contribution in [0.3, 0.4) is 0 Å². The first kappa shape index (κ1) is 20.2. The molecule has 1 atom stereocenters. The molecule has 0 amide bonds. The van der Waals surface area contributed by atoms with Crippen LogP contribution < -0.4 is 10.6 Å². The lowest BCUT2D eigenvalue weighted by Gasteiger charge is -2.34. The Bertz CT molecular complexity index is 532. The van der Waals surface area contributed by atoms with Gasteiger partial charge in [-0.15, -0.1) is 0 Å². The number of piperidine rings is 1. The third-order valence-corrected chi connectivity index (χ3v) is 5.49. The number of furan rings is 1. The van der Waals surface area contributed by atoms with Crippen molar-refractivity contribution in [2.75, 3.05) is 45.9 Å². The van der Waals surface area contributed by atoms with Crippen molar-refractivity contribution in [1.29, 1.82) is 0 Å². The summed E-state index contributed by atoms with van der Waals surface area (Å²) in [6.07, 6.45) is 8.50. The molecule has 6 heteroatoms. The Morgan fingerprint density at radius 1 is 1.30 bits per heavy atom. The summed E-state index contributed by atoms with van der Waals surface area (Å²) in [5.41, 5.74) is 0. The molecule has 0 saturated carbocycles. The first-order valence-electron chi connectivity index (χ1n) is 10.7. The summed E-state index contributed by atoms with van der Waals surface area (Å²) < 4.78 is 10.9. The lowest BCUT2D eigenvalue weighted by atomic mass is 10.0. The standard InChI is InChI=1S/C21H36N4O2/c1-2-3-10-22-21(23-11-6-20-5-4-14-27-20)24-19-7-12-25(13-8-19)16-18-9-15-26-17-18/h4-5,14,18-19H,2-3,6-13,15-17H2,1H3,(H2,22,23,24). The number of ether oxygens (including phenoxy) is 1. The molecule has 2 fully saturated rings. The Balaban J connectivity index is 1.40. The Hall–Kier alpha value is -1.53. The Morgan fingerprint density at radius 2 is 2.19 bits per heavy atom. The number of unbranched alkanes of at least 4 members (excludes halogenated alkanes) is 1. The summed E-state index contributed by atoms with van der Waals surface area (Å²) in [6.45, 7) is 9.37. The van der Waals surface area contributed by atoms with E-state index in [-0.39, 0.29) is 0 Å². The lowest BCUT2D eigenvalue weighted by Crippen LogP contribution is -2.49. The fourth-order valence-electron chi connectivity index (χ4n) is 3.81. The van der Waals surface area contributed by atoms with E-state index in [1.165, 1.54) is 45.3 Å². The SMILES string of the molecule is CCCCN=C(NCCc1ccco1)NC1CCN(CC2CCOC2)CC1. The van der Waals surface area contributed by atoms with Crippen LogP contribution >= 0.6 is 0 Å². The van der Waals surface area contributed by atoms with Crippen LogP contribution in [0.2, 0.25) is 0 Å². The molecule has 0 bridgehead atoms. The van der Waals surface area contributed by atoms with Crippen LogP contribution in [0.4, 0.5) is 0 Å². The number of hydrogen-bond acceptors (Lipinski definition) is 4. The quantitative estimate of drug-likeness (QED) is 0.394. The van der Waals surface area contributed by atoms with Gasteiger partial charge in [0.25, 0.3) is 0 Å². The number of nitrogens with one attached hydrogen (secondary N) is 2. The fraction of sp³-hybridized carbons (Fsp3) is 0.762. The fourth-order valence-corrected chi connectivity index (χ4v) is 3.81. The van der Waals surface area contributed by atoms with Crippen LogP contribution in [0, 0.1) is 5.92 Å². The molecule has 3 rings (SSSR count). The van der Waals surface area contributed by atoms with E-state index >= 15 is 0 Å². The highest BCUT2D eigenvalue weighted by Gasteiger charge is 2.24. The van der Waals surface area contributed by atoms with E-state index in [1.54, 1.807) is 6.26 Å². The van der Waals surface area contributed by atoms with Crippen molar-refractivity contribution in [2.45, 2.75) is 51.5 Å². The van der Waals surface area contributed by atoms with Crippen molar-refractivity contribution in [3.05, 3.63) is 24.2 Å². The van der Waals surface area contributed by atoms with E-state index in [4.69, 9.17) is 14.1 Å². The zero-order chi connectivity index (χ0) is 18.7. The molecule has 2 aliphatic rings. The van der Waals surface area contributed by atoms with Gasteiger partial charge in [-0.2, -0.15) is 0 Å². The minimum absolute atomic E-state index is 0.512. The Morgan fingerprint density at radius 3 is 2.89 bits per heavy atom. The Labute approximate surface area is 163 Å². The number of guanidine groups is 1. The van der Waals surface area contributed by atoms with Gasteiger partial charge in [-0.3, -0.25) is 4.99 Å². The van der Waals surface area contributed by atoms with Crippen LogP contribution in [-0.4, -0.2) is 62.8 Å². The summed E-state index contributed by atoms with van der Waals surface area (Å²) in [5, 5.41) is 7.15. The zero-order valence-corrected chi connectivity index (χ0v) is 16.8. The minimum Gasteiger partial charge on any atom is -0.469 e. The number of rotatable bonds is 9. The highest BCUT2D eigenvalue weighted by atomic mass is 16.5. The predicted molar refractivity (Wildman–Crippen MR) is 109 cm³/mol. The van der Waals surface area contributed by atoms with Crippen LogP contribution in [0.25, 0.3) is 0 Å². The van der Waals surface area contributed by atoms with Crippen molar-refractivity contribution >= 4 is 5.96 Å². The highest BCUT2D eigenvalue weighted by Crippen LogP contribution is 2.17. The molecular weight excluding hydrogens is 340 g/mol. The predicted octanol–water partition coefficient (Wildman–Crippen LogP) is 2.66. The summed E-state index contributed by atoms with van der Waals surface area (Å²) in [7, 11) is 0. The van der Waals surface area contributed by atoms with Gasteiger partial charge in [-0.25, -0.2) is 0 Å². The number of nitrogens with zero attached hydrogens (tertiary/aromatic N) is 2. The topological polar surface area (TPSA) is 62.0 Å². The number of hydrogen-bond donors (Lipinski definition) is 2. The van der Waals surface area contributed by atoms with Crippen LogP contribution in [0.5, 0.6) is 0 Å². The molecule has 0 spiro atoms. The summed E-state index contributed by atoms with van der Waals surface area (Å²) >= 11 is 0. The molecule has 0 radical (unpaired) electrons. The molecule has 1 aromatic rings. The van der Waals surface area contributed by atoms with E-state index in [9.17, 15) is 0 Å². The second kappa shape index (κ2) is 11.3. The number of likely N-dealkylation sites (tertiary alicyclic amines) is 1.